The molecule has 0 saturated carbocycles. The summed E-state index contributed by atoms with van der Waals surface area (Å²) in [5, 5.41) is 5.44. The first-order valence-corrected chi connectivity index (χ1v) is 7.88. The van der Waals surface area contributed by atoms with E-state index in [0.717, 1.165) is 19.3 Å². The number of amides is 2. The molecule has 0 fully saturated rings. The Hall–Kier alpha value is -1.18. The molecular weight excluding hydrogens is 288 g/mol. The van der Waals surface area contributed by atoms with Gasteiger partial charge in [-0.3, -0.25) is 9.59 Å². The van der Waals surface area contributed by atoms with E-state index >= 15 is 0 Å². The second-order valence-electron chi connectivity index (χ2n) is 4.77. The zero-order valence-electron chi connectivity index (χ0n) is 13.8. The second kappa shape index (κ2) is 16.2. The maximum Gasteiger partial charge on any atom is 0.246 e. The Kier molecular flexibility index (Phi) is 15.3. The van der Waals surface area contributed by atoms with Crippen LogP contribution >= 0.6 is 0 Å². The summed E-state index contributed by atoms with van der Waals surface area (Å²) in [4.78, 5) is 22.0. The van der Waals surface area contributed by atoms with Gasteiger partial charge in [0.1, 0.15) is 6.61 Å². The summed E-state index contributed by atoms with van der Waals surface area (Å²) in [5.74, 6) is -0.0717. The minimum atomic E-state index is -0.127. The van der Waals surface area contributed by atoms with E-state index in [0.29, 0.717) is 45.9 Å². The van der Waals surface area contributed by atoms with E-state index in [1.807, 2.05) is 6.92 Å². The maximum atomic E-state index is 11.1. The van der Waals surface area contributed by atoms with Crippen molar-refractivity contribution in [1.82, 2.24) is 10.6 Å². The molecule has 0 atom stereocenters. The summed E-state index contributed by atoms with van der Waals surface area (Å²) in [5.41, 5.74) is 0. The lowest BCUT2D eigenvalue weighted by molar-refractivity contribution is -0.125. The van der Waals surface area contributed by atoms with Crippen molar-refractivity contribution in [3.8, 4) is 0 Å². The van der Waals surface area contributed by atoms with Crippen molar-refractivity contribution in [2.24, 2.45) is 0 Å². The normalized spacial score (nSPS) is 10.5. The van der Waals surface area contributed by atoms with Crippen LogP contribution in [0.1, 0.15) is 32.6 Å². The topological polar surface area (TPSA) is 85.9 Å². The number of ether oxygens (including phenoxy) is 3. The van der Waals surface area contributed by atoms with E-state index in [9.17, 15) is 9.59 Å². The SMILES string of the molecule is CCC(=O)NCCOCCCCCOCCNC(=O)COC. The van der Waals surface area contributed by atoms with Crippen molar-refractivity contribution >= 4 is 11.8 Å². The van der Waals surface area contributed by atoms with Crippen molar-refractivity contribution in [3.05, 3.63) is 0 Å². The van der Waals surface area contributed by atoms with Gasteiger partial charge in [-0.2, -0.15) is 0 Å². The van der Waals surface area contributed by atoms with Crippen LogP contribution in [-0.4, -0.2) is 65.0 Å². The molecule has 22 heavy (non-hydrogen) atoms. The number of nitrogens with one attached hydrogen (secondary N) is 2. The van der Waals surface area contributed by atoms with E-state index in [4.69, 9.17) is 14.2 Å². The van der Waals surface area contributed by atoms with E-state index in [1.165, 1.54) is 7.11 Å². The molecule has 0 unspecified atom stereocenters. The van der Waals surface area contributed by atoms with Gasteiger partial charge in [-0.1, -0.05) is 6.92 Å². The fourth-order valence-corrected chi connectivity index (χ4v) is 1.62. The van der Waals surface area contributed by atoms with Gasteiger partial charge in [0.25, 0.3) is 0 Å². The summed E-state index contributed by atoms with van der Waals surface area (Å²) >= 11 is 0. The number of hydrogen-bond acceptors (Lipinski definition) is 5. The summed E-state index contributed by atoms with van der Waals surface area (Å²) in [7, 11) is 1.49. The lowest BCUT2D eigenvalue weighted by atomic mass is 10.2. The Morgan fingerprint density at radius 1 is 0.818 bits per heavy atom. The first-order chi connectivity index (χ1) is 10.7. The van der Waals surface area contributed by atoms with Gasteiger partial charge >= 0.3 is 0 Å². The Morgan fingerprint density at radius 2 is 1.36 bits per heavy atom. The Morgan fingerprint density at radius 3 is 1.86 bits per heavy atom. The molecule has 0 aliphatic rings. The molecule has 0 aliphatic carbocycles. The predicted molar refractivity (Wildman–Crippen MR) is 83.7 cm³/mol. The molecule has 0 aliphatic heterocycles. The fraction of sp³-hybridized carbons (Fsp3) is 0.867. The number of unbranched alkanes of at least 4 members (excludes halogenated alkanes) is 2. The summed E-state index contributed by atoms with van der Waals surface area (Å²) in [6.07, 6.45) is 3.50. The van der Waals surface area contributed by atoms with Crippen LogP contribution in [0, 0.1) is 0 Å². The smallest absolute Gasteiger partial charge is 0.246 e. The average Bonchev–Trinajstić information content (AvgIpc) is 2.51. The maximum absolute atomic E-state index is 11.1. The second-order valence-corrected chi connectivity index (χ2v) is 4.77. The molecule has 0 aromatic carbocycles. The molecule has 2 N–H and O–H groups in total. The number of rotatable bonds is 15. The average molecular weight is 318 g/mol. The summed E-state index contributed by atoms with van der Waals surface area (Å²) < 4.78 is 15.5. The number of carbonyl (C=O) groups excluding carboxylic acids is 2. The van der Waals surface area contributed by atoms with Crippen LogP contribution in [0.15, 0.2) is 0 Å². The number of hydrogen-bond donors (Lipinski definition) is 2. The van der Waals surface area contributed by atoms with Gasteiger partial charge in [0.15, 0.2) is 0 Å². The van der Waals surface area contributed by atoms with Crippen LogP contribution in [0.4, 0.5) is 0 Å². The van der Waals surface area contributed by atoms with Crippen molar-refractivity contribution in [1.29, 1.82) is 0 Å². The third-order valence-corrected chi connectivity index (χ3v) is 2.81. The van der Waals surface area contributed by atoms with Gasteiger partial charge < -0.3 is 24.8 Å². The Balaban J connectivity index is 3.08. The Labute approximate surface area is 133 Å². The Bertz CT molecular complexity index is 287. The molecule has 0 heterocycles. The third-order valence-electron chi connectivity index (χ3n) is 2.81. The summed E-state index contributed by atoms with van der Waals surface area (Å²) in [6.45, 7) is 5.46. The predicted octanol–water partition coefficient (Wildman–Crippen LogP) is 0.479. The zero-order chi connectivity index (χ0) is 16.5. The molecule has 2 amide bonds. The highest BCUT2D eigenvalue weighted by Gasteiger charge is 1.98. The van der Waals surface area contributed by atoms with Crippen molar-refractivity contribution in [3.63, 3.8) is 0 Å². The number of methoxy groups -OCH3 is 1. The van der Waals surface area contributed by atoms with Gasteiger partial charge in [-0.25, -0.2) is 0 Å². The van der Waals surface area contributed by atoms with Gasteiger partial charge in [0.05, 0.1) is 13.2 Å². The monoisotopic (exact) mass is 318 g/mol. The van der Waals surface area contributed by atoms with Crippen LogP contribution in [0.3, 0.4) is 0 Å². The van der Waals surface area contributed by atoms with E-state index < -0.39 is 0 Å². The van der Waals surface area contributed by atoms with E-state index in [-0.39, 0.29) is 18.4 Å². The molecule has 0 rings (SSSR count). The molecule has 0 spiro atoms. The molecule has 0 aromatic rings. The van der Waals surface area contributed by atoms with Crippen LogP contribution in [0.2, 0.25) is 0 Å². The van der Waals surface area contributed by atoms with Crippen molar-refractivity contribution < 1.29 is 23.8 Å². The van der Waals surface area contributed by atoms with E-state index in [2.05, 4.69) is 10.6 Å². The van der Waals surface area contributed by atoms with Gasteiger partial charge in [0.2, 0.25) is 11.8 Å². The highest BCUT2D eigenvalue weighted by atomic mass is 16.5. The summed E-state index contributed by atoms with van der Waals surface area (Å²) in [6, 6.07) is 0. The van der Waals surface area contributed by atoms with Crippen molar-refractivity contribution in [2.45, 2.75) is 32.6 Å². The first kappa shape index (κ1) is 20.8. The quantitative estimate of drug-likeness (QED) is 0.429. The standard InChI is InChI=1S/C15H30N2O5/c1-3-14(18)16-7-11-21-9-5-4-6-10-22-12-8-17-15(19)13-20-2/h3-13H2,1-2H3,(H,16,18)(H,17,19). The van der Waals surface area contributed by atoms with Gasteiger partial charge in [-0.15, -0.1) is 0 Å². The molecule has 0 saturated heterocycles. The van der Waals surface area contributed by atoms with Crippen LogP contribution < -0.4 is 10.6 Å². The molecule has 0 bridgehead atoms. The molecule has 7 nitrogen and oxygen atoms in total. The minimum Gasteiger partial charge on any atom is -0.380 e. The van der Waals surface area contributed by atoms with E-state index in [1.54, 1.807) is 0 Å². The highest BCUT2D eigenvalue weighted by Crippen LogP contribution is 1.96. The largest absolute Gasteiger partial charge is 0.380 e. The molecule has 0 aromatic heterocycles. The fourth-order valence-electron chi connectivity index (χ4n) is 1.62. The van der Waals surface area contributed by atoms with Crippen LogP contribution in [-0.2, 0) is 23.8 Å². The van der Waals surface area contributed by atoms with Gasteiger partial charge in [-0.05, 0) is 19.3 Å². The minimum absolute atomic E-state index is 0.0548. The molecule has 7 heteroatoms. The van der Waals surface area contributed by atoms with Crippen LogP contribution in [0.25, 0.3) is 0 Å². The molecular formula is C15H30N2O5. The molecule has 130 valence electrons. The zero-order valence-corrected chi connectivity index (χ0v) is 13.8. The highest BCUT2D eigenvalue weighted by molar-refractivity contribution is 5.77. The van der Waals surface area contributed by atoms with Gasteiger partial charge in [0, 0.05) is 39.8 Å². The number of carbonyl (C=O) groups is 2. The van der Waals surface area contributed by atoms with Crippen LogP contribution in [0.5, 0.6) is 0 Å². The van der Waals surface area contributed by atoms with Crippen molar-refractivity contribution in [2.75, 3.05) is 53.2 Å². The lowest BCUT2D eigenvalue weighted by Crippen LogP contribution is -2.30. The molecule has 0 radical (unpaired) electrons. The third kappa shape index (κ3) is 15.2. The first-order valence-electron chi connectivity index (χ1n) is 7.88. The lowest BCUT2D eigenvalue weighted by Gasteiger charge is -2.07.